The van der Waals surface area contributed by atoms with Gasteiger partial charge in [0.25, 0.3) is 0 Å². The zero-order valence-corrected chi connectivity index (χ0v) is 23.0. The first kappa shape index (κ1) is 27.9. The molecule has 0 amide bonds. The Kier molecular flexibility index (Phi) is 15.3. The number of rotatable bonds is 20. The van der Waals surface area contributed by atoms with E-state index >= 15 is 0 Å². The van der Waals surface area contributed by atoms with E-state index in [1.54, 1.807) is 10.4 Å². The van der Waals surface area contributed by atoms with Crippen LogP contribution in [0.25, 0.3) is 0 Å². The van der Waals surface area contributed by atoms with Crippen LogP contribution in [0, 0.1) is 0 Å². The second-order valence-corrected chi connectivity index (χ2v) is 14.6. The predicted molar refractivity (Wildman–Crippen MR) is 153 cm³/mol. The van der Waals surface area contributed by atoms with Crippen molar-refractivity contribution in [3.63, 3.8) is 0 Å². The highest BCUT2D eigenvalue weighted by Crippen LogP contribution is 2.25. The third-order valence-electron chi connectivity index (χ3n) is 7.57. The monoisotopic (exact) mass is 464 g/mol. The third-order valence-corrected chi connectivity index (χ3v) is 12.9. The standard InChI is InChI=1S/C32H52Si/c1-3-5-7-9-11-13-15-23-29-33(31-25-19-17-20-26-31,32-27-21-18-22-28-32)30-24-16-14-12-10-8-6-4-2/h17-22,25-28H,3-16,23-24,29-30H2,1-2H3. The minimum Gasteiger partial charge on any atom is -0.0654 e. The Morgan fingerprint density at radius 3 is 1.03 bits per heavy atom. The molecule has 0 aliphatic heterocycles. The van der Waals surface area contributed by atoms with Crippen LogP contribution < -0.4 is 10.4 Å². The van der Waals surface area contributed by atoms with Gasteiger partial charge >= 0.3 is 0 Å². The summed E-state index contributed by atoms with van der Waals surface area (Å²) < 4.78 is 0. The maximum atomic E-state index is 2.45. The molecule has 2 rings (SSSR count). The minimum atomic E-state index is -1.71. The van der Waals surface area contributed by atoms with Crippen LogP contribution in [0.1, 0.15) is 117 Å². The van der Waals surface area contributed by atoms with Crippen molar-refractivity contribution < 1.29 is 0 Å². The van der Waals surface area contributed by atoms with Gasteiger partial charge in [-0.2, -0.15) is 0 Å². The van der Waals surface area contributed by atoms with E-state index in [0.29, 0.717) is 0 Å². The van der Waals surface area contributed by atoms with Crippen molar-refractivity contribution in [2.75, 3.05) is 0 Å². The quantitative estimate of drug-likeness (QED) is 0.135. The van der Waals surface area contributed by atoms with Gasteiger partial charge in [0.2, 0.25) is 0 Å². The molecule has 33 heavy (non-hydrogen) atoms. The van der Waals surface area contributed by atoms with Crippen LogP contribution in [0.3, 0.4) is 0 Å². The fraction of sp³-hybridized carbons (Fsp3) is 0.625. The van der Waals surface area contributed by atoms with Crippen molar-refractivity contribution in [2.45, 2.75) is 129 Å². The van der Waals surface area contributed by atoms with Crippen LogP contribution in [0.5, 0.6) is 0 Å². The lowest BCUT2D eigenvalue weighted by Crippen LogP contribution is -2.58. The summed E-state index contributed by atoms with van der Waals surface area (Å²) in [6.45, 7) is 4.62. The summed E-state index contributed by atoms with van der Waals surface area (Å²) in [6, 6.07) is 26.2. The molecular weight excluding hydrogens is 412 g/mol. The van der Waals surface area contributed by atoms with Crippen LogP contribution in [0.15, 0.2) is 60.7 Å². The number of unbranched alkanes of at least 4 members (excludes halogenated alkanes) is 14. The van der Waals surface area contributed by atoms with Gasteiger partial charge in [-0.05, 0) is 12.1 Å². The highest BCUT2D eigenvalue weighted by Gasteiger charge is 2.35. The maximum Gasteiger partial charge on any atom is 0.118 e. The van der Waals surface area contributed by atoms with Gasteiger partial charge in [-0.25, -0.2) is 0 Å². The molecule has 0 N–H and O–H groups in total. The third kappa shape index (κ3) is 10.6. The second-order valence-electron chi connectivity index (χ2n) is 10.3. The van der Waals surface area contributed by atoms with Gasteiger partial charge < -0.3 is 0 Å². The summed E-state index contributed by atoms with van der Waals surface area (Å²) in [4.78, 5) is 0. The molecule has 2 aromatic rings. The molecule has 0 spiro atoms. The Labute approximate surface area is 207 Å². The molecule has 0 radical (unpaired) electrons. The molecule has 0 fully saturated rings. The molecule has 0 nitrogen and oxygen atoms in total. The van der Waals surface area contributed by atoms with E-state index in [1.807, 2.05) is 0 Å². The van der Waals surface area contributed by atoms with Crippen LogP contribution in [0.4, 0.5) is 0 Å². The van der Waals surface area contributed by atoms with E-state index in [1.165, 1.54) is 115 Å². The molecule has 0 aliphatic carbocycles. The lowest BCUT2D eigenvalue weighted by Gasteiger charge is -2.33. The van der Waals surface area contributed by atoms with Gasteiger partial charge in [0.05, 0.1) is 0 Å². The average Bonchev–Trinajstić information content (AvgIpc) is 2.87. The van der Waals surface area contributed by atoms with Gasteiger partial charge in [-0.15, -0.1) is 0 Å². The summed E-state index contributed by atoms with van der Waals surface area (Å²) >= 11 is 0. The molecule has 0 bridgehead atoms. The normalized spacial score (nSPS) is 11.7. The molecule has 0 unspecified atom stereocenters. The molecule has 0 saturated heterocycles. The molecule has 0 aliphatic rings. The SMILES string of the molecule is CCCCCCCCCC[Si](CCCCCCCCCC)(c1ccccc1)c1ccccc1. The topological polar surface area (TPSA) is 0 Å². The van der Waals surface area contributed by atoms with E-state index in [-0.39, 0.29) is 0 Å². The number of hydrogen-bond acceptors (Lipinski definition) is 0. The molecule has 1 heteroatoms. The van der Waals surface area contributed by atoms with Crippen molar-refractivity contribution >= 4 is 18.4 Å². The zero-order valence-electron chi connectivity index (χ0n) is 22.0. The Hall–Kier alpha value is -1.34. The zero-order chi connectivity index (χ0) is 23.5. The smallest absolute Gasteiger partial charge is 0.0654 e. The van der Waals surface area contributed by atoms with Gasteiger partial charge in [-0.1, -0.05) is 188 Å². The van der Waals surface area contributed by atoms with Gasteiger partial charge in [0.15, 0.2) is 0 Å². The lowest BCUT2D eigenvalue weighted by molar-refractivity contribution is 0.580. The predicted octanol–water partition coefficient (Wildman–Crippen LogP) is 9.53. The van der Waals surface area contributed by atoms with Gasteiger partial charge in [-0.3, -0.25) is 0 Å². The van der Waals surface area contributed by atoms with E-state index < -0.39 is 8.07 Å². The van der Waals surface area contributed by atoms with E-state index in [9.17, 15) is 0 Å². The van der Waals surface area contributed by atoms with E-state index in [2.05, 4.69) is 74.5 Å². The molecule has 0 aromatic heterocycles. The highest BCUT2D eigenvalue weighted by atomic mass is 28.3. The molecule has 0 heterocycles. The first-order valence-electron chi connectivity index (χ1n) is 14.4. The Morgan fingerprint density at radius 1 is 0.394 bits per heavy atom. The highest BCUT2D eigenvalue weighted by molar-refractivity contribution is 7.02. The Balaban J connectivity index is 1.99. The summed E-state index contributed by atoms with van der Waals surface area (Å²) in [5.74, 6) is 0. The van der Waals surface area contributed by atoms with Crippen molar-refractivity contribution in [1.29, 1.82) is 0 Å². The van der Waals surface area contributed by atoms with Crippen LogP contribution in [-0.4, -0.2) is 8.07 Å². The molecule has 184 valence electrons. The first-order chi connectivity index (χ1) is 16.3. The van der Waals surface area contributed by atoms with Crippen LogP contribution in [0.2, 0.25) is 12.1 Å². The fourth-order valence-corrected chi connectivity index (χ4v) is 10.6. The molecular formula is C32H52Si. The summed E-state index contributed by atoms with van der Waals surface area (Å²) in [7, 11) is -1.71. The summed E-state index contributed by atoms with van der Waals surface area (Å²) in [5.41, 5.74) is 0. The molecule has 0 atom stereocenters. The summed E-state index contributed by atoms with van der Waals surface area (Å²) in [5, 5.41) is 3.34. The number of hydrogen-bond donors (Lipinski definition) is 0. The summed E-state index contributed by atoms with van der Waals surface area (Å²) in [6.07, 6.45) is 22.6. The Bertz CT molecular complexity index is 617. The fourth-order valence-electron chi connectivity index (χ4n) is 5.50. The minimum absolute atomic E-state index is 1.35. The average molecular weight is 465 g/mol. The number of benzene rings is 2. The second kappa shape index (κ2) is 18.0. The van der Waals surface area contributed by atoms with E-state index in [4.69, 9.17) is 0 Å². The molecule has 0 saturated carbocycles. The van der Waals surface area contributed by atoms with E-state index in [0.717, 1.165) is 0 Å². The van der Waals surface area contributed by atoms with Gasteiger partial charge in [0.1, 0.15) is 8.07 Å². The molecule has 2 aromatic carbocycles. The van der Waals surface area contributed by atoms with Crippen LogP contribution in [-0.2, 0) is 0 Å². The van der Waals surface area contributed by atoms with Crippen molar-refractivity contribution in [3.8, 4) is 0 Å². The maximum absolute atomic E-state index is 2.45. The lowest BCUT2D eigenvalue weighted by atomic mass is 10.1. The largest absolute Gasteiger partial charge is 0.118 e. The van der Waals surface area contributed by atoms with Crippen LogP contribution >= 0.6 is 0 Å². The first-order valence-corrected chi connectivity index (χ1v) is 16.9. The Morgan fingerprint density at radius 2 is 0.697 bits per heavy atom. The van der Waals surface area contributed by atoms with Crippen molar-refractivity contribution in [2.24, 2.45) is 0 Å². The van der Waals surface area contributed by atoms with Crippen molar-refractivity contribution in [1.82, 2.24) is 0 Å². The van der Waals surface area contributed by atoms with Crippen molar-refractivity contribution in [3.05, 3.63) is 60.7 Å². The van der Waals surface area contributed by atoms with Gasteiger partial charge in [0, 0.05) is 0 Å².